The van der Waals surface area contributed by atoms with Crippen LogP contribution in [-0.4, -0.2) is 41.5 Å². The summed E-state index contributed by atoms with van der Waals surface area (Å²) in [4.78, 5) is 22.1. The third-order valence-corrected chi connectivity index (χ3v) is 11.0. The molecule has 1 aromatic heterocycles. The fraction of sp³-hybridized carbons (Fsp3) is 0.655. The Morgan fingerprint density at radius 2 is 1.92 bits per heavy atom. The third-order valence-electron chi connectivity index (χ3n) is 9.66. The van der Waals surface area contributed by atoms with Crippen molar-refractivity contribution in [3.8, 4) is 0 Å². The van der Waals surface area contributed by atoms with Gasteiger partial charge >= 0.3 is 0 Å². The van der Waals surface area contributed by atoms with Crippen LogP contribution in [0.4, 0.5) is 8.78 Å². The molecule has 3 fully saturated rings. The summed E-state index contributed by atoms with van der Waals surface area (Å²) in [6.07, 6.45) is 8.38. The Morgan fingerprint density at radius 3 is 2.69 bits per heavy atom. The van der Waals surface area contributed by atoms with Crippen molar-refractivity contribution in [1.82, 2.24) is 9.88 Å². The highest BCUT2D eigenvalue weighted by Crippen LogP contribution is 2.49. The van der Waals surface area contributed by atoms with Gasteiger partial charge in [0.15, 0.2) is 5.01 Å². The van der Waals surface area contributed by atoms with Gasteiger partial charge in [-0.05, 0) is 62.3 Å². The number of aryl methyl sites for hydroxylation is 1. The van der Waals surface area contributed by atoms with Crippen LogP contribution in [0.15, 0.2) is 30.3 Å². The van der Waals surface area contributed by atoms with Gasteiger partial charge in [-0.2, -0.15) is 0 Å². The van der Waals surface area contributed by atoms with Crippen molar-refractivity contribution >= 4 is 17.2 Å². The van der Waals surface area contributed by atoms with E-state index in [2.05, 4.69) is 45.5 Å². The van der Waals surface area contributed by atoms with Gasteiger partial charge < -0.3 is 10.2 Å². The third kappa shape index (κ3) is 4.30. The number of aromatic nitrogens is 1. The van der Waals surface area contributed by atoms with Crippen molar-refractivity contribution in [3.63, 3.8) is 0 Å². The van der Waals surface area contributed by atoms with Gasteiger partial charge in [0.25, 0.3) is 6.43 Å². The van der Waals surface area contributed by atoms with Crippen molar-refractivity contribution in [2.24, 2.45) is 11.8 Å². The minimum atomic E-state index is -2.54. The smallest absolute Gasteiger partial charge is 0.289 e. The number of halogens is 2. The Hall–Kier alpha value is -1.86. The van der Waals surface area contributed by atoms with E-state index in [4.69, 9.17) is 0 Å². The highest BCUT2D eigenvalue weighted by atomic mass is 32.1. The lowest BCUT2D eigenvalue weighted by molar-refractivity contribution is -0.640. The molecule has 2 aliphatic heterocycles. The first-order valence-electron chi connectivity index (χ1n) is 14.0. The van der Waals surface area contributed by atoms with E-state index >= 15 is 0 Å². The topological polar surface area (TPSA) is 49.8 Å². The largest absolute Gasteiger partial charge is 0.345 e. The number of nitrogens with two attached hydrogens (primary N) is 1. The Bertz CT molecular complexity index is 1070. The molecule has 1 aromatic carbocycles. The van der Waals surface area contributed by atoms with Crippen LogP contribution in [0, 0.1) is 11.8 Å². The maximum absolute atomic E-state index is 14.5. The molecule has 36 heavy (non-hydrogen) atoms. The Labute approximate surface area is 216 Å². The van der Waals surface area contributed by atoms with Crippen LogP contribution in [-0.2, 0) is 16.6 Å². The predicted molar refractivity (Wildman–Crippen MR) is 137 cm³/mol. The van der Waals surface area contributed by atoms with Crippen LogP contribution in [0.2, 0.25) is 0 Å². The van der Waals surface area contributed by atoms with Crippen molar-refractivity contribution in [1.29, 1.82) is 0 Å². The summed E-state index contributed by atoms with van der Waals surface area (Å²) in [5, 5.41) is 2.19. The average molecular weight is 515 g/mol. The Morgan fingerprint density at radius 1 is 1.11 bits per heavy atom. The van der Waals surface area contributed by atoms with Gasteiger partial charge in [0.05, 0.1) is 24.2 Å². The van der Waals surface area contributed by atoms with Crippen LogP contribution in [0.25, 0.3) is 0 Å². The minimum absolute atomic E-state index is 0.0665. The first-order chi connectivity index (χ1) is 17.6. The van der Waals surface area contributed by atoms with E-state index in [0.717, 1.165) is 62.3 Å². The maximum Gasteiger partial charge on any atom is 0.289 e. The highest BCUT2D eigenvalue weighted by molar-refractivity contribution is 7.12. The number of fused-ring (bicyclic) bond motifs is 2. The lowest BCUT2D eigenvalue weighted by Gasteiger charge is -2.47. The number of alkyl halides is 2. The first kappa shape index (κ1) is 24.5. The van der Waals surface area contributed by atoms with Crippen molar-refractivity contribution in [2.75, 3.05) is 19.6 Å². The molecule has 2 saturated heterocycles. The number of quaternary nitrogens is 1. The number of benzene rings is 1. The summed E-state index contributed by atoms with van der Waals surface area (Å²) >= 11 is 1.18. The van der Waals surface area contributed by atoms with Crippen LogP contribution in [0.1, 0.15) is 91.3 Å². The number of hydrogen-bond acceptors (Lipinski definition) is 3. The van der Waals surface area contributed by atoms with Crippen LogP contribution in [0.3, 0.4) is 0 Å². The fourth-order valence-electron chi connectivity index (χ4n) is 7.91. The molecule has 2 aromatic rings. The summed E-state index contributed by atoms with van der Waals surface area (Å²) in [7, 11) is 0. The molecular formula is C29H38F2N3OS+. The van der Waals surface area contributed by atoms with E-state index in [-0.39, 0.29) is 28.3 Å². The molecule has 4 aliphatic rings. The monoisotopic (exact) mass is 514 g/mol. The number of rotatable bonds is 4. The minimum Gasteiger partial charge on any atom is -0.345 e. The van der Waals surface area contributed by atoms with Crippen LogP contribution in [0.5, 0.6) is 0 Å². The van der Waals surface area contributed by atoms with Gasteiger partial charge in [-0.15, -0.1) is 11.3 Å². The number of carbonyl (C=O) groups is 1. The zero-order valence-corrected chi connectivity index (χ0v) is 21.8. The molecule has 2 aliphatic carbocycles. The number of likely N-dealkylation sites (tertiary alicyclic amines) is 1. The molecule has 0 bridgehead atoms. The normalized spacial score (nSPS) is 31.2. The van der Waals surface area contributed by atoms with Gasteiger partial charge in [-0.25, -0.2) is 13.8 Å². The molecular weight excluding hydrogens is 476 g/mol. The number of thiazole rings is 1. The molecule has 4 nitrogen and oxygen atoms in total. The zero-order chi connectivity index (χ0) is 24.7. The van der Waals surface area contributed by atoms with Gasteiger partial charge in [-0.3, -0.25) is 4.79 Å². The van der Waals surface area contributed by atoms with E-state index in [9.17, 15) is 13.6 Å². The zero-order valence-electron chi connectivity index (χ0n) is 21.0. The first-order valence-corrected chi connectivity index (χ1v) is 14.8. The van der Waals surface area contributed by atoms with E-state index in [0.29, 0.717) is 11.8 Å². The van der Waals surface area contributed by atoms with Crippen LogP contribution < -0.4 is 5.32 Å². The summed E-state index contributed by atoms with van der Waals surface area (Å²) in [6.45, 7) is 2.38. The van der Waals surface area contributed by atoms with E-state index in [1.165, 1.54) is 49.0 Å². The molecule has 6 rings (SSSR count). The molecule has 4 atom stereocenters. The second kappa shape index (κ2) is 10.1. The van der Waals surface area contributed by atoms with Crippen molar-refractivity contribution in [2.45, 2.75) is 88.0 Å². The maximum atomic E-state index is 14.5. The summed E-state index contributed by atoms with van der Waals surface area (Å²) in [5.74, 6) is 1.22. The van der Waals surface area contributed by atoms with Gasteiger partial charge in [0.2, 0.25) is 5.91 Å². The number of piperidine rings is 1. The Balaban J connectivity index is 1.30. The highest BCUT2D eigenvalue weighted by Gasteiger charge is 2.56. The second-order valence-corrected chi connectivity index (χ2v) is 12.6. The SMILES string of the molecule is O=C([C@@H]1C[NH2+]C[C@]12CCCc1nc(C(F)F)sc12)N1CC[C@@H](c2ccccc2)C[C@H]1C1CCCCC1. The van der Waals surface area contributed by atoms with E-state index < -0.39 is 6.43 Å². The van der Waals surface area contributed by atoms with E-state index in [1.807, 2.05) is 0 Å². The van der Waals surface area contributed by atoms with E-state index in [1.54, 1.807) is 0 Å². The molecule has 194 valence electrons. The molecule has 0 radical (unpaired) electrons. The number of nitrogens with zero attached hydrogens (tertiary/aromatic N) is 2. The van der Waals surface area contributed by atoms with Gasteiger partial charge in [0.1, 0.15) is 5.92 Å². The lowest BCUT2D eigenvalue weighted by atomic mass is 9.68. The molecule has 3 heterocycles. The number of amides is 1. The van der Waals surface area contributed by atoms with Crippen molar-refractivity contribution in [3.05, 3.63) is 51.5 Å². The molecule has 7 heteroatoms. The standard InChI is InChI=1S/C29H37F2N3OS/c30-26(31)27-33-23-12-7-14-29(25(23)36-27)18-32-17-22(29)28(35)34-15-13-21(19-8-3-1-4-9-19)16-24(34)20-10-5-2-6-11-20/h1,3-4,8-9,20-22,24,26,32H,2,5-7,10-18H2/p+1/t21-,22+,24+,29-/m1/s1. The summed E-state index contributed by atoms with van der Waals surface area (Å²) in [6, 6.07) is 11.1. The molecule has 1 amide bonds. The average Bonchev–Trinajstić information content (AvgIpc) is 3.55. The number of carbonyl (C=O) groups excluding carboxylic acids is 1. The van der Waals surface area contributed by atoms with Gasteiger partial charge in [0, 0.05) is 17.5 Å². The summed E-state index contributed by atoms with van der Waals surface area (Å²) in [5.41, 5.74) is 1.90. The second-order valence-electron chi connectivity index (χ2n) is 11.5. The van der Waals surface area contributed by atoms with Gasteiger partial charge in [-0.1, -0.05) is 49.6 Å². The fourth-order valence-corrected chi connectivity index (χ4v) is 9.16. The van der Waals surface area contributed by atoms with Crippen molar-refractivity contribution < 1.29 is 18.9 Å². The quantitative estimate of drug-likeness (QED) is 0.610. The molecule has 0 unspecified atom stereocenters. The summed E-state index contributed by atoms with van der Waals surface area (Å²) < 4.78 is 27.1. The molecule has 2 N–H and O–H groups in total. The predicted octanol–water partition coefficient (Wildman–Crippen LogP) is 5.20. The molecule has 1 saturated carbocycles. The molecule has 1 spiro atoms. The Kier molecular flexibility index (Phi) is 6.89. The number of hydrogen-bond donors (Lipinski definition) is 1. The lowest BCUT2D eigenvalue weighted by Crippen LogP contribution is -2.82. The van der Waals surface area contributed by atoms with Crippen LogP contribution >= 0.6 is 11.3 Å².